The molecule has 1 unspecified atom stereocenters. The molecule has 0 amide bonds. The molecular weight excluding hydrogens is 174 g/mol. The van der Waals surface area contributed by atoms with Crippen LogP contribution in [0.1, 0.15) is 50.0 Å². The molecular formula is C11H19N3. The predicted molar refractivity (Wildman–Crippen MR) is 57.3 cm³/mol. The third-order valence-corrected chi connectivity index (χ3v) is 2.95. The van der Waals surface area contributed by atoms with Crippen molar-refractivity contribution in [2.24, 2.45) is 7.05 Å². The third kappa shape index (κ3) is 1.57. The maximum atomic E-state index is 4.52. The van der Waals surface area contributed by atoms with Gasteiger partial charge in [0.1, 0.15) is 0 Å². The fourth-order valence-electron chi connectivity index (χ4n) is 2.35. The van der Waals surface area contributed by atoms with E-state index in [9.17, 15) is 0 Å². The summed E-state index contributed by atoms with van der Waals surface area (Å²) in [6.45, 7) is 5.60. The molecule has 78 valence electrons. The Labute approximate surface area is 85.5 Å². The first-order valence-electron chi connectivity index (χ1n) is 5.44. The number of nitrogens with one attached hydrogen (secondary N) is 1. The first-order valence-corrected chi connectivity index (χ1v) is 5.44. The summed E-state index contributed by atoms with van der Waals surface area (Å²) in [4.78, 5) is 4.52. The summed E-state index contributed by atoms with van der Waals surface area (Å²) < 4.78 is 2.15. The molecule has 1 aromatic heterocycles. The molecule has 0 radical (unpaired) electrons. The molecule has 0 saturated carbocycles. The lowest BCUT2D eigenvalue weighted by Crippen LogP contribution is -2.16. The Morgan fingerprint density at radius 3 is 2.93 bits per heavy atom. The van der Waals surface area contributed by atoms with Crippen LogP contribution in [0.15, 0.2) is 6.33 Å². The molecule has 0 aromatic carbocycles. The van der Waals surface area contributed by atoms with Crippen molar-refractivity contribution in [2.75, 3.05) is 6.54 Å². The summed E-state index contributed by atoms with van der Waals surface area (Å²) in [5, 5.41) is 3.51. The van der Waals surface area contributed by atoms with E-state index in [4.69, 9.17) is 0 Å². The van der Waals surface area contributed by atoms with Gasteiger partial charge in [0.15, 0.2) is 0 Å². The largest absolute Gasteiger partial charge is 0.337 e. The summed E-state index contributed by atoms with van der Waals surface area (Å²) in [5.41, 5.74) is 2.64. The van der Waals surface area contributed by atoms with Crippen LogP contribution in [-0.4, -0.2) is 16.1 Å². The molecule has 2 heterocycles. The normalized spacial score (nSPS) is 22.1. The van der Waals surface area contributed by atoms with Gasteiger partial charge in [-0.25, -0.2) is 4.98 Å². The maximum absolute atomic E-state index is 4.52. The van der Waals surface area contributed by atoms with Crippen LogP contribution in [-0.2, 0) is 7.05 Å². The molecule has 3 heteroatoms. The van der Waals surface area contributed by atoms with Crippen LogP contribution in [0.5, 0.6) is 0 Å². The van der Waals surface area contributed by atoms with Gasteiger partial charge in [-0.2, -0.15) is 0 Å². The molecule has 1 atom stereocenters. The van der Waals surface area contributed by atoms with Crippen LogP contribution in [0.2, 0.25) is 0 Å². The number of aryl methyl sites for hydroxylation is 1. The zero-order chi connectivity index (χ0) is 10.1. The van der Waals surface area contributed by atoms with Crippen LogP contribution in [0.3, 0.4) is 0 Å². The first kappa shape index (κ1) is 9.71. The van der Waals surface area contributed by atoms with Crippen LogP contribution in [0.4, 0.5) is 0 Å². The molecule has 1 aliphatic heterocycles. The van der Waals surface area contributed by atoms with E-state index in [0.717, 1.165) is 6.54 Å². The van der Waals surface area contributed by atoms with E-state index in [1.165, 1.54) is 24.2 Å². The van der Waals surface area contributed by atoms with Gasteiger partial charge < -0.3 is 9.88 Å². The monoisotopic (exact) mass is 193 g/mol. The summed E-state index contributed by atoms with van der Waals surface area (Å²) >= 11 is 0. The molecule has 1 aliphatic rings. The fourth-order valence-corrected chi connectivity index (χ4v) is 2.35. The quantitative estimate of drug-likeness (QED) is 0.778. The second kappa shape index (κ2) is 3.73. The van der Waals surface area contributed by atoms with Crippen molar-refractivity contribution in [1.82, 2.24) is 14.9 Å². The van der Waals surface area contributed by atoms with Gasteiger partial charge >= 0.3 is 0 Å². The minimum absolute atomic E-state index is 0.494. The third-order valence-electron chi connectivity index (χ3n) is 2.95. The van der Waals surface area contributed by atoms with Crippen LogP contribution >= 0.6 is 0 Å². The number of rotatable bonds is 2. The van der Waals surface area contributed by atoms with Crippen molar-refractivity contribution >= 4 is 0 Å². The standard InChI is InChI=1S/C11H19N3/c1-8(2)11-10(13-7-14(11)3)9-5-4-6-12-9/h7-9,12H,4-6H2,1-3H3. The molecule has 0 spiro atoms. The van der Waals surface area contributed by atoms with Crippen LogP contribution < -0.4 is 5.32 Å². The molecule has 1 fully saturated rings. The van der Waals surface area contributed by atoms with Gasteiger partial charge in [-0.05, 0) is 25.3 Å². The smallest absolute Gasteiger partial charge is 0.0949 e. The highest BCUT2D eigenvalue weighted by molar-refractivity contribution is 5.21. The Kier molecular flexibility index (Phi) is 2.59. The molecule has 1 aromatic rings. The van der Waals surface area contributed by atoms with Gasteiger partial charge in [0.05, 0.1) is 18.1 Å². The Hall–Kier alpha value is -0.830. The zero-order valence-electron chi connectivity index (χ0n) is 9.25. The van der Waals surface area contributed by atoms with E-state index < -0.39 is 0 Å². The highest BCUT2D eigenvalue weighted by Crippen LogP contribution is 2.28. The lowest BCUT2D eigenvalue weighted by molar-refractivity contribution is 0.608. The number of imidazole rings is 1. The molecule has 0 bridgehead atoms. The highest BCUT2D eigenvalue weighted by Gasteiger charge is 2.23. The average Bonchev–Trinajstić information content (AvgIpc) is 2.70. The Morgan fingerprint density at radius 1 is 1.57 bits per heavy atom. The van der Waals surface area contributed by atoms with Gasteiger partial charge in [0.25, 0.3) is 0 Å². The van der Waals surface area contributed by atoms with Gasteiger partial charge in [-0.3, -0.25) is 0 Å². The summed E-state index contributed by atoms with van der Waals surface area (Å²) in [6.07, 6.45) is 4.44. The van der Waals surface area contributed by atoms with E-state index in [1.54, 1.807) is 0 Å². The lowest BCUT2D eigenvalue weighted by Gasteiger charge is -2.14. The summed E-state index contributed by atoms with van der Waals surface area (Å²) in [6, 6.07) is 0.494. The van der Waals surface area contributed by atoms with E-state index in [-0.39, 0.29) is 0 Å². The first-order chi connectivity index (χ1) is 6.70. The summed E-state index contributed by atoms with van der Waals surface area (Å²) in [7, 11) is 2.08. The van der Waals surface area contributed by atoms with E-state index in [2.05, 4.69) is 35.8 Å². The van der Waals surface area contributed by atoms with Gasteiger partial charge in [-0.15, -0.1) is 0 Å². The van der Waals surface area contributed by atoms with E-state index in [1.807, 2.05) is 6.33 Å². The van der Waals surface area contributed by atoms with Crippen molar-refractivity contribution in [3.05, 3.63) is 17.7 Å². The Balaban J connectivity index is 2.32. The number of nitrogens with zero attached hydrogens (tertiary/aromatic N) is 2. The lowest BCUT2D eigenvalue weighted by atomic mass is 10.0. The minimum atomic E-state index is 0.494. The molecule has 1 saturated heterocycles. The Morgan fingerprint density at radius 2 is 2.36 bits per heavy atom. The van der Waals surface area contributed by atoms with Crippen molar-refractivity contribution in [2.45, 2.75) is 38.6 Å². The van der Waals surface area contributed by atoms with Crippen molar-refractivity contribution in [1.29, 1.82) is 0 Å². The molecule has 0 aliphatic carbocycles. The molecule has 1 N–H and O–H groups in total. The zero-order valence-corrected chi connectivity index (χ0v) is 9.25. The van der Waals surface area contributed by atoms with Gasteiger partial charge in [-0.1, -0.05) is 13.8 Å². The second-order valence-corrected chi connectivity index (χ2v) is 4.43. The van der Waals surface area contributed by atoms with Crippen molar-refractivity contribution in [3.8, 4) is 0 Å². The van der Waals surface area contributed by atoms with Crippen LogP contribution in [0.25, 0.3) is 0 Å². The van der Waals surface area contributed by atoms with Gasteiger partial charge in [0, 0.05) is 12.7 Å². The fraction of sp³-hybridized carbons (Fsp3) is 0.727. The number of hydrogen-bond acceptors (Lipinski definition) is 2. The molecule has 3 nitrogen and oxygen atoms in total. The SMILES string of the molecule is CC(C)c1c(C2CCCN2)ncn1C. The number of aromatic nitrogens is 2. The van der Waals surface area contributed by atoms with Crippen molar-refractivity contribution in [3.63, 3.8) is 0 Å². The molecule has 2 rings (SSSR count). The van der Waals surface area contributed by atoms with Gasteiger partial charge in [0.2, 0.25) is 0 Å². The van der Waals surface area contributed by atoms with Crippen LogP contribution in [0, 0.1) is 0 Å². The topological polar surface area (TPSA) is 29.9 Å². The summed E-state index contributed by atoms with van der Waals surface area (Å²) in [5.74, 6) is 0.555. The van der Waals surface area contributed by atoms with Crippen molar-refractivity contribution < 1.29 is 0 Å². The van der Waals surface area contributed by atoms with E-state index >= 15 is 0 Å². The second-order valence-electron chi connectivity index (χ2n) is 4.43. The number of hydrogen-bond donors (Lipinski definition) is 1. The highest BCUT2D eigenvalue weighted by atomic mass is 15.1. The molecule has 14 heavy (non-hydrogen) atoms. The Bertz CT molecular complexity index is 308. The minimum Gasteiger partial charge on any atom is -0.337 e. The average molecular weight is 193 g/mol. The predicted octanol–water partition coefficient (Wildman–Crippen LogP) is 1.97. The maximum Gasteiger partial charge on any atom is 0.0949 e. The van der Waals surface area contributed by atoms with E-state index in [0.29, 0.717) is 12.0 Å².